The molecule has 10 heteroatoms. The molecule has 0 aliphatic carbocycles. The Bertz CT molecular complexity index is 766. The van der Waals surface area contributed by atoms with Gasteiger partial charge in [0.05, 0.1) is 17.4 Å². The maximum atomic E-state index is 12.0. The molecule has 2 aliphatic heterocycles. The summed E-state index contributed by atoms with van der Waals surface area (Å²) < 4.78 is 5.11. The van der Waals surface area contributed by atoms with Crippen LogP contribution in [-0.2, 0) is 9.53 Å². The van der Waals surface area contributed by atoms with Crippen molar-refractivity contribution >= 4 is 23.3 Å². The molecular weight excluding hydrogens is 388 g/mol. The molecule has 1 aromatic heterocycles. The molecule has 2 fully saturated rings. The predicted octanol–water partition coefficient (Wildman–Crippen LogP) is 1.86. The van der Waals surface area contributed by atoms with E-state index in [9.17, 15) is 14.9 Å². The van der Waals surface area contributed by atoms with E-state index in [1.807, 2.05) is 15.9 Å². The van der Waals surface area contributed by atoms with Gasteiger partial charge in [-0.1, -0.05) is 6.08 Å². The molecule has 2 aliphatic rings. The molecule has 30 heavy (non-hydrogen) atoms. The number of carbonyl (C=O) groups excluding carboxylic acids is 1. The molecule has 0 aromatic carbocycles. The Balaban J connectivity index is 1.78. The fraction of sp³-hybridized carbons (Fsp3) is 0.650. The molecule has 3 heterocycles. The van der Waals surface area contributed by atoms with Gasteiger partial charge in [-0.2, -0.15) is 0 Å². The second kappa shape index (κ2) is 10.3. The monoisotopic (exact) mass is 418 g/mol. The highest BCUT2D eigenvalue weighted by Crippen LogP contribution is 2.36. The van der Waals surface area contributed by atoms with E-state index in [1.165, 1.54) is 6.33 Å². The minimum atomic E-state index is -0.380. The minimum Gasteiger partial charge on any atom is -0.466 e. The van der Waals surface area contributed by atoms with Gasteiger partial charge in [-0.05, 0) is 26.2 Å². The van der Waals surface area contributed by atoms with Crippen molar-refractivity contribution in [3.8, 4) is 0 Å². The molecule has 10 nitrogen and oxygen atoms in total. The van der Waals surface area contributed by atoms with Crippen molar-refractivity contribution in [1.29, 1.82) is 0 Å². The number of ether oxygens (including phenoxy) is 1. The Morgan fingerprint density at radius 3 is 2.47 bits per heavy atom. The summed E-state index contributed by atoms with van der Waals surface area (Å²) >= 11 is 0. The third-order valence-electron chi connectivity index (χ3n) is 5.66. The second-order valence-corrected chi connectivity index (χ2v) is 7.57. The molecule has 0 unspecified atom stereocenters. The Morgan fingerprint density at radius 2 is 1.87 bits per heavy atom. The molecule has 2 saturated heterocycles. The summed E-state index contributed by atoms with van der Waals surface area (Å²) in [5.74, 6) is 0.351. The number of carbonyl (C=O) groups is 1. The fourth-order valence-corrected chi connectivity index (χ4v) is 4.12. The maximum absolute atomic E-state index is 12.0. The van der Waals surface area contributed by atoms with E-state index >= 15 is 0 Å². The summed E-state index contributed by atoms with van der Waals surface area (Å²) in [5, 5.41) is 12.0. The van der Waals surface area contributed by atoms with Crippen LogP contribution in [0.1, 0.15) is 26.2 Å². The van der Waals surface area contributed by atoms with Crippen LogP contribution in [0.25, 0.3) is 0 Å². The molecule has 0 spiro atoms. The van der Waals surface area contributed by atoms with E-state index in [0.717, 1.165) is 26.1 Å². The average Bonchev–Trinajstić information content (AvgIpc) is 2.99. The second-order valence-electron chi connectivity index (χ2n) is 7.57. The lowest BCUT2D eigenvalue weighted by molar-refractivity contribution is -0.383. The van der Waals surface area contributed by atoms with Crippen LogP contribution in [0.2, 0.25) is 0 Å². The molecular formula is C20H30N6O4. The van der Waals surface area contributed by atoms with Gasteiger partial charge < -0.3 is 14.5 Å². The standard InChI is InChI=1S/C20H30N6O4/c1-3-8-23-9-5-10-24(14-13-23)18-17(26(28)29)19(22-15-21-18)25-11-6-16(7-12-25)20(27)30-4-2/h3,15-16H,1,4-14H2,2H3. The summed E-state index contributed by atoms with van der Waals surface area (Å²) in [6.07, 6.45) is 5.36. The average molecular weight is 418 g/mol. The summed E-state index contributed by atoms with van der Waals surface area (Å²) in [5.41, 5.74) is -0.0516. The van der Waals surface area contributed by atoms with Crippen LogP contribution in [0.3, 0.4) is 0 Å². The number of aromatic nitrogens is 2. The zero-order valence-corrected chi connectivity index (χ0v) is 17.5. The van der Waals surface area contributed by atoms with Gasteiger partial charge in [-0.3, -0.25) is 19.8 Å². The Kier molecular flexibility index (Phi) is 7.56. The number of hydrogen-bond acceptors (Lipinski definition) is 9. The van der Waals surface area contributed by atoms with Crippen molar-refractivity contribution in [3.05, 3.63) is 29.1 Å². The van der Waals surface area contributed by atoms with Crippen LogP contribution in [-0.4, -0.2) is 78.2 Å². The topological polar surface area (TPSA) is 105 Å². The normalized spacial score (nSPS) is 18.7. The van der Waals surface area contributed by atoms with Crippen LogP contribution < -0.4 is 9.80 Å². The Morgan fingerprint density at radius 1 is 1.20 bits per heavy atom. The number of anilines is 2. The smallest absolute Gasteiger partial charge is 0.353 e. The highest BCUT2D eigenvalue weighted by Gasteiger charge is 2.34. The van der Waals surface area contributed by atoms with Gasteiger partial charge in [0.15, 0.2) is 0 Å². The van der Waals surface area contributed by atoms with Crippen LogP contribution >= 0.6 is 0 Å². The summed E-state index contributed by atoms with van der Waals surface area (Å²) in [7, 11) is 0. The third-order valence-corrected chi connectivity index (χ3v) is 5.66. The summed E-state index contributed by atoms with van der Waals surface area (Å²) in [4.78, 5) is 38.3. The zero-order valence-electron chi connectivity index (χ0n) is 17.5. The highest BCUT2D eigenvalue weighted by atomic mass is 16.6. The van der Waals surface area contributed by atoms with E-state index in [2.05, 4.69) is 21.4 Å². The van der Waals surface area contributed by atoms with Gasteiger partial charge in [0, 0.05) is 45.8 Å². The van der Waals surface area contributed by atoms with Gasteiger partial charge in [-0.25, -0.2) is 9.97 Å². The molecule has 0 bridgehead atoms. The van der Waals surface area contributed by atoms with Crippen LogP contribution in [0.15, 0.2) is 19.0 Å². The lowest BCUT2D eigenvalue weighted by atomic mass is 9.97. The summed E-state index contributed by atoms with van der Waals surface area (Å²) in [6, 6.07) is 0. The Labute approximate surface area is 176 Å². The quantitative estimate of drug-likeness (QED) is 0.284. The summed E-state index contributed by atoms with van der Waals surface area (Å²) in [6.45, 7) is 10.9. The molecule has 164 valence electrons. The molecule has 0 amide bonds. The molecule has 0 saturated carbocycles. The molecule has 0 N–H and O–H groups in total. The van der Waals surface area contributed by atoms with Crippen molar-refractivity contribution in [2.45, 2.75) is 26.2 Å². The SMILES string of the molecule is C=CCN1CCCN(c2ncnc(N3CCC(C(=O)OCC)CC3)c2[N+](=O)[O-])CC1. The lowest BCUT2D eigenvalue weighted by Gasteiger charge is -2.32. The molecule has 0 radical (unpaired) electrons. The van der Waals surface area contributed by atoms with Gasteiger partial charge in [0.1, 0.15) is 6.33 Å². The number of rotatable bonds is 7. The number of esters is 1. The first-order chi connectivity index (χ1) is 14.5. The molecule has 3 rings (SSSR count). The third kappa shape index (κ3) is 5.05. The van der Waals surface area contributed by atoms with Crippen molar-refractivity contribution in [3.63, 3.8) is 0 Å². The van der Waals surface area contributed by atoms with E-state index in [4.69, 9.17) is 4.74 Å². The highest BCUT2D eigenvalue weighted by molar-refractivity contribution is 5.74. The first-order valence-electron chi connectivity index (χ1n) is 10.5. The van der Waals surface area contributed by atoms with Crippen LogP contribution in [0, 0.1) is 16.0 Å². The Hall–Kier alpha value is -2.75. The van der Waals surface area contributed by atoms with Crippen molar-refractivity contribution in [2.24, 2.45) is 5.92 Å². The van der Waals surface area contributed by atoms with Crippen molar-refractivity contribution in [2.75, 3.05) is 62.2 Å². The van der Waals surface area contributed by atoms with Crippen LogP contribution in [0.5, 0.6) is 0 Å². The maximum Gasteiger partial charge on any atom is 0.353 e. The number of nitrogens with zero attached hydrogens (tertiary/aromatic N) is 6. The van der Waals surface area contributed by atoms with Gasteiger partial charge >= 0.3 is 11.7 Å². The molecule has 1 aromatic rings. The number of hydrogen-bond donors (Lipinski definition) is 0. The first kappa shape index (κ1) is 21.9. The fourth-order valence-electron chi connectivity index (χ4n) is 4.12. The van der Waals surface area contributed by atoms with Crippen molar-refractivity contribution < 1.29 is 14.5 Å². The zero-order chi connectivity index (χ0) is 21.5. The number of piperidine rings is 1. The van der Waals surface area contributed by atoms with E-state index in [1.54, 1.807) is 6.92 Å². The van der Waals surface area contributed by atoms with E-state index in [0.29, 0.717) is 57.3 Å². The van der Waals surface area contributed by atoms with Gasteiger partial charge in [0.25, 0.3) is 0 Å². The number of nitro groups is 1. The van der Waals surface area contributed by atoms with Gasteiger partial charge in [0.2, 0.25) is 11.6 Å². The van der Waals surface area contributed by atoms with E-state index in [-0.39, 0.29) is 22.5 Å². The predicted molar refractivity (Wildman–Crippen MR) is 114 cm³/mol. The minimum absolute atomic E-state index is 0.0516. The largest absolute Gasteiger partial charge is 0.466 e. The molecule has 0 atom stereocenters. The lowest BCUT2D eigenvalue weighted by Crippen LogP contribution is -2.38. The van der Waals surface area contributed by atoms with Gasteiger partial charge in [-0.15, -0.1) is 6.58 Å². The first-order valence-corrected chi connectivity index (χ1v) is 10.5. The van der Waals surface area contributed by atoms with Crippen molar-refractivity contribution in [1.82, 2.24) is 14.9 Å². The van der Waals surface area contributed by atoms with Crippen LogP contribution in [0.4, 0.5) is 17.3 Å². The van der Waals surface area contributed by atoms with E-state index < -0.39 is 0 Å².